The number of hydrogen-bond acceptors (Lipinski definition) is 6. The number of fused-ring (bicyclic) bond motifs is 3. The molecule has 1 amide bonds. The third-order valence-electron chi connectivity index (χ3n) is 8.03. The third-order valence-corrected chi connectivity index (χ3v) is 8.27. The van der Waals surface area contributed by atoms with Gasteiger partial charge in [0.05, 0.1) is 26.9 Å². The lowest BCUT2D eigenvalue weighted by Gasteiger charge is -2.35. The van der Waals surface area contributed by atoms with Gasteiger partial charge in [-0.2, -0.15) is 0 Å². The summed E-state index contributed by atoms with van der Waals surface area (Å²) in [4.78, 5) is 21.4. The first kappa shape index (κ1) is 28.4. The van der Waals surface area contributed by atoms with Crippen molar-refractivity contribution in [3.05, 3.63) is 88.1 Å². The number of aromatic nitrogens is 1. The maximum atomic E-state index is 13.6. The number of hydrogen-bond donors (Lipinski definition) is 1. The van der Waals surface area contributed by atoms with Gasteiger partial charge in [0.1, 0.15) is 11.8 Å². The molecule has 220 valence electrons. The molecular weight excluding hydrogens is 554 g/mol. The number of methoxy groups -OCH3 is 1. The molecule has 0 radical (unpaired) electrons. The zero-order valence-corrected chi connectivity index (χ0v) is 24.8. The van der Waals surface area contributed by atoms with Gasteiger partial charge in [-0.3, -0.25) is 9.80 Å². The molecule has 42 heavy (non-hydrogen) atoms. The van der Waals surface area contributed by atoms with Crippen molar-refractivity contribution in [1.82, 2.24) is 14.8 Å². The number of aryl methyl sites for hydroxylation is 1. The summed E-state index contributed by atoms with van der Waals surface area (Å²) in [7, 11) is 1.64. The van der Waals surface area contributed by atoms with E-state index in [-0.39, 0.29) is 0 Å². The molecule has 0 saturated carbocycles. The number of nitrogens with one attached hydrogen (secondary N) is 1. The molecule has 8 nitrogen and oxygen atoms in total. The molecule has 9 heteroatoms. The number of carbonyl (C=O) groups is 1. The van der Waals surface area contributed by atoms with Crippen molar-refractivity contribution in [3.8, 4) is 17.2 Å². The average Bonchev–Trinajstić information content (AvgIpc) is 3.38. The summed E-state index contributed by atoms with van der Waals surface area (Å²) in [6.45, 7) is 7.55. The average molecular weight is 590 g/mol. The van der Waals surface area contributed by atoms with E-state index in [1.807, 2.05) is 67.6 Å². The third kappa shape index (κ3) is 6.07. The maximum Gasteiger partial charge on any atom is 0.416 e. The van der Waals surface area contributed by atoms with E-state index < -0.39 is 12.1 Å². The molecule has 0 bridgehead atoms. The van der Waals surface area contributed by atoms with Crippen LogP contribution >= 0.6 is 11.6 Å². The highest BCUT2D eigenvalue weighted by Crippen LogP contribution is 2.42. The highest BCUT2D eigenvalue weighted by Gasteiger charge is 2.36. The van der Waals surface area contributed by atoms with Gasteiger partial charge in [-0.15, -0.1) is 0 Å². The minimum atomic E-state index is -0.415. The van der Waals surface area contributed by atoms with Crippen molar-refractivity contribution in [2.45, 2.75) is 25.8 Å². The molecule has 1 fully saturated rings. The van der Waals surface area contributed by atoms with Gasteiger partial charge in [-0.25, -0.2) is 4.79 Å². The van der Waals surface area contributed by atoms with Crippen molar-refractivity contribution >= 4 is 28.6 Å². The lowest BCUT2D eigenvalue weighted by molar-refractivity contribution is 0.0357. The van der Waals surface area contributed by atoms with E-state index in [0.29, 0.717) is 41.8 Å². The number of halogens is 1. The standard InChI is InChI=1S/C33H36ClN3O5/c1-22-4-8-25(9-5-22)42-33(38)37-14-12-26-27-21-24(34)7-10-28(27)35-31(26)32(37)23-6-11-29(30(20-23)39-2)41-17-3-13-36-15-18-40-19-16-36/h4-11,20-21,32,35H,3,12-19H2,1-2H3. The highest BCUT2D eigenvalue weighted by molar-refractivity contribution is 6.31. The molecule has 1 unspecified atom stereocenters. The second kappa shape index (κ2) is 12.7. The molecule has 4 aromatic rings. The first-order valence-electron chi connectivity index (χ1n) is 14.5. The van der Waals surface area contributed by atoms with Crippen LogP contribution in [0.3, 0.4) is 0 Å². The molecule has 0 aliphatic carbocycles. The number of H-pyrrole nitrogens is 1. The molecule has 2 aliphatic rings. The Morgan fingerprint density at radius 2 is 1.83 bits per heavy atom. The van der Waals surface area contributed by atoms with E-state index in [1.165, 1.54) is 0 Å². The largest absolute Gasteiger partial charge is 0.493 e. The number of benzene rings is 3. The van der Waals surface area contributed by atoms with Gasteiger partial charge in [-0.1, -0.05) is 35.4 Å². The van der Waals surface area contributed by atoms with Gasteiger partial charge in [0, 0.05) is 47.8 Å². The van der Waals surface area contributed by atoms with Gasteiger partial charge in [-0.05, 0) is 73.4 Å². The van der Waals surface area contributed by atoms with Gasteiger partial charge in [0.2, 0.25) is 0 Å². The molecule has 1 saturated heterocycles. The van der Waals surface area contributed by atoms with Crippen molar-refractivity contribution in [3.63, 3.8) is 0 Å². The lowest BCUT2D eigenvalue weighted by Crippen LogP contribution is -2.42. The van der Waals surface area contributed by atoms with E-state index in [2.05, 4.69) is 9.88 Å². The molecule has 1 atom stereocenters. The molecular formula is C33H36ClN3O5. The summed E-state index contributed by atoms with van der Waals surface area (Å²) >= 11 is 6.37. The van der Waals surface area contributed by atoms with Gasteiger partial charge in [0.25, 0.3) is 0 Å². The van der Waals surface area contributed by atoms with Crippen LogP contribution in [0.2, 0.25) is 5.02 Å². The van der Waals surface area contributed by atoms with Crippen molar-refractivity contribution < 1.29 is 23.7 Å². The van der Waals surface area contributed by atoms with Crippen molar-refractivity contribution in [2.75, 3.05) is 53.1 Å². The van der Waals surface area contributed by atoms with E-state index in [0.717, 1.165) is 72.6 Å². The summed E-state index contributed by atoms with van der Waals surface area (Å²) < 4.78 is 23.2. The predicted octanol–water partition coefficient (Wildman–Crippen LogP) is 6.39. The Labute approximate surface area is 251 Å². The van der Waals surface area contributed by atoms with Crippen molar-refractivity contribution in [2.24, 2.45) is 0 Å². The Bertz CT molecular complexity index is 1550. The van der Waals surface area contributed by atoms with Crippen LogP contribution in [0.15, 0.2) is 60.7 Å². The van der Waals surface area contributed by atoms with Gasteiger partial charge < -0.3 is 23.9 Å². The van der Waals surface area contributed by atoms with Crippen LogP contribution in [0.25, 0.3) is 10.9 Å². The number of carbonyl (C=O) groups excluding carboxylic acids is 1. The maximum absolute atomic E-state index is 13.6. The van der Waals surface area contributed by atoms with Crippen LogP contribution in [0.5, 0.6) is 17.2 Å². The number of morpholine rings is 1. The van der Waals surface area contributed by atoms with Crippen LogP contribution in [0, 0.1) is 6.92 Å². The number of ether oxygens (including phenoxy) is 4. The summed E-state index contributed by atoms with van der Waals surface area (Å²) in [6, 6.07) is 18.8. The summed E-state index contributed by atoms with van der Waals surface area (Å²) in [5, 5.41) is 1.75. The second-order valence-corrected chi connectivity index (χ2v) is 11.2. The lowest BCUT2D eigenvalue weighted by atomic mass is 9.92. The molecule has 6 rings (SSSR count). The predicted molar refractivity (Wildman–Crippen MR) is 163 cm³/mol. The number of aromatic amines is 1. The molecule has 1 N–H and O–H groups in total. The normalized spacial score (nSPS) is 17.2. The van der Waals surface area contributed by atoms with E-state index >= 15 is 0 Å². The number of amides is 1. The first-order valence-corrected chi connectivity index (χ1v) is 14.8. The SMILES string of the molecule is COc1cc(C2c3[nH]c4ccc(Cl)cc4c3CCN2C(=O)Oc2ccc(C)cc2)ccc1OCCCN1CCOCC1. The quantitative estimate of drug-likeness (QED) is 0.240. The topological polar surface area (TPSA) is 76.3 Å². The van der Waals surface area contributed by atoms with Gasteiger partial charge >= 0.3 is 6.09 Å². The number of nitrogens with zero attached hydrogens (tertiary/aromatic N) is 2. The zero-order chi connectivity index (χ0) is 29.1. The minimum absolute atomic E-state index is 0.409. The fraction of sp³-hybridized carbons (Fsp3) is 0.364. The Kier molecular flexibility index (Phi) is 8.55. The molecule has 2 aliphatic heterocycles. The van der Waals surface area contributed by atoms with E-state index in [4.69, 9.17) is 30.5 Å². The molecule has 1 aromatic heterocycles. The van der Waals surface area contributed by atoms with Gasteiger partial charge in [0.15, 0.2) is 11.5 Å². The van der Waals surface area contributed by atoms with Crippen LogP contribution in [-0.2, 0) is 11.2 Å². The molecule has 3 heterocycles. The monoisotopic (exact) mass is 589 g/mol. The fourth-order valence-electron chi connectivity index (χ4n) is 5.84. The first-order chi connectivity index (χ1) is 20.5. The fourth-order valence-corrected chi connectivity index (χ4v) is 6.01. The van der Waals surface area contributed by atoms with Crippen LogP contribution in [0.4, 0.5) is 4.79 Å². The summed E-state index contributed by atoms with van der Waals surface area (Å²) in [6.07, 6.45) is 1.18. The second-order valence-electron chi connectivity index (χ2n) is 10.8. The molecule has 0 spiro atoms. The summed E-state index contributed by atoms with van der Waals surface area (Å²) in [5.41, 5.74) is 5.07. The Hall–Kier alpha value is -3.72. The van der Waals surface area contributed by atoms with Crippen molar-refractivity contribution in [1.29, 1.82) is 0 Å². The Morgan fingerprint density at radius 1 is 1.02 bits per heavy atom. The van der Waals surface area contributed by atoms with Crippen LogP contribution in [0.1, 0.15) is 34.8 Å². The Balaban J connectivity index is 1.28. The summed E-state index contributed by atoms with van der Waals surface area (Å²) in [5.74, 6) is 1.81. The van der Waals surface area contributed by atoms with E-state index in [1.54, 1.807) is 12.0 Å². The number of rotatable bonds is 8. The van der Waals surface area contributed by atoms with Crippen LogP contribution in [-0.4, -0.2) is 74.0 Å². The highest BCUT2D eigenvalue weighted by atomic mass is 35.5. The zero-order valence-electron chi connectivity index (χ0n) is 24.0. The Morgan fingerprint density at radius 3 is 2.62 bits per heavy atom. The smallest absolute Gasteiger partial charge is 0.416 e. The minimum Gasteiger partial charge on any atom is -0.493 e. The van der Waals surface area contributed by atoms with E-state index in [9.17, 15) is 4.79 Å². The van der Waals surface area contributed by atoms with Crippen LogP contribution < -0.4 is 14.2 Å². The molecule has 3 aromatic carbocycles.